The highest BCUT2D eigenvalue weighted by Crippen LogP contribution is 2.14. The van der Waals surface area contributed by atoms with E-state index in [2.05, 4.69) is 24.1 Å². The smallest absolute Gasteiger partial charge is 0.127 e. The average Bonchev–Trinajstić information content (AvgIpc) is 2.37. The van der Waals surface area contributed by atoms with Crippen molar-refractivity contribution in [3.8, 4) is 0 Å². The van der Waals surface area contributed by atoms with Crippen molar-refractivity contribution in [1.82, 2.24) is 10.2 Å². The predicted molar refractivity (Wildman–Crippen MR) is 75.5 cm³/mol. The van der Waals surface area contributed by atoms with Crippen molar-refractivity contribution >= 4 is 11.6 Å². The first kappa shape index (κ1) is 15.4. The van der Waals surface area contributed by atoms with Crippen LogP contribution in [0.15, 0.2) is 18.2 Å². The molecule has 1 rings (SSSR count). The molecule has 102 valence electrons. The van der Waals surface area contributed by atoms with E-state index >= 15 is 0 Å². The third-order valence-corrected chi connectivity index (χ3v) is 3.15. The fraction of sp³-hybridized carbons (Fsp3) is 0.571. The van der Waals surface area contributed by atoms with Gasteiger partial charge in [-0.15, -0.1) is 0 Å². The van der Waals surface area contributed by atoms with Crippen molar-refractivity contribution in [3.63, 3.8) is 0 Å². The zero-order valence-electron chi connectivity index (χ0n) is 11.2. The number of halogens is 2. The number of hydrogen-bond donors (Lipinski definition) is 1. The molecule has 0 saturated carbocycles. The molecule has 1 aromatic rings. The van der Waals surface area contributed by atoms with Gasteiger partial charge in [-0.3, -0.25) is 0 Å². The molecule has 2 nitrogen and oxygen atoms in total. The van der Waals surface area contributed by atoms with Crippen molar-refractivity contribution in [2.45, 2.75) is 26.8 Å². The summed E-state index contributed by atoms with van der Waals surface area (Å²) >= 11 is 5.84. The van der Waals surface area contributed by atoms with Crippen LogP contribution in [0, 0.1) is 5.82 Å². The summed E-state index contributed by atoms with van der Waals surface area (Å²) in [5.41, 5.74) is 0.626. The Morgan fingerprint density at radius 3 is 2.72 bits per heavy atom. The van der Waals surface area contributed by atoms with E-state index in [0.29, 0.717) is 17.1 Å². The highest BCUT2D eigenvalue weighted by Gasteiger charge is 2.03. The summed E-state index contributed by atoms with van der Waals surface area (Å²) in [6, 6.07) is 4.66. The number of likely N-dealkylation sites (N-methyl/N-ethyl adjacent to an activating group) is 1. The fourth-order valence-corrected chi connectivity index (χ4v) is 2.08. The Bertz CT molecular complexity index is 358. The first-order valence-electron chi connectivity index (χ1n) is 6.54. The third-order valence-electron chi connectivity index (χ3n) is 2.92. The van der Waals surface area contributed by atoms with Gasteiger partial charge in [0.05, 0.1) is 0 Å². The molecular formula is C14H22ClFN2. The van der Waals surface area contributed by atoms with E-state index < -0.39 is 0 Å². The minimum Gasteiger partial charge on any atom is -0.311 e. The molecule has 0 aromatic heterocycles. The Morgan fingerprint density at radius 2 is 2.06 bits per heavy atom. The molecular weight excluding hydrogens is 251 g/mol. The van der Waals surface area contributed by atoms with Gasteiger partial charge in [0, 0.05) is 30.2 Å². The summed E-state index contributed by atoms with van der Waals surface area (Å²) in [6.07, 6.45) is 1.16. The fourth-order valence-electron chi connectivity index (χ4n) is 1.88. The minimum atomic E-state index is -0.201. The molecule has 0 aliphatic heterocycles. The molecule has 4 heteroatoms. The maximum Gasteiger partial charge on any atom is 0.127 e. The van der Waals surface area contributed by atoms with Gasteiger partial charge >= 0.3 is 0 Å². The van der Waals surface area contributed by atoms with Crippen LogP contribution in [0.25, 0.3) is 0 Å². The van der Waals surface area contributed by atoms with Crippen LogP contribution in [0.3, 0.4) is 0 Å². The van der Waals surface area contributed by atoms with Crippen LogP contribution in [0.5, 0.6) is 0 Å². The summed E-state index contributed by atoms with van der Waals surface area (Å²) in [4.78, 5) is 2.38. The lowest BCUT2D eigenvalue weighted by Gasteiger charge is -2.19. The third kappa shape index (κ3) is 5.34. The second-order valence-electron chi connectivity index (χ2n) is 4.35. The van der Waals surface area contributed by atoms with E-state index in [9.17, 15) is 4.39 Å². The summed E-state index contributed by atoms with van der Waals surface area (Å²) in [7, 11) is 0. The van der Waals surface area contributed by atoms with E-state index in [1.165, 1.54) is 6.07 Å². The van der Waals surface area contributed by atoms with Crippen molar-refractivity contribution < 1.29 is 4.39 Å². The van der Waals surface area contributed by atoms with Gasteiger partial charge in [0.25, 0.3) is 0 Å². The maximum absolute atomic E-state index is 13.4. The van der Waals surface area contributed by atoms with Gasteiger partial charge in [-0.25, -0.2) is 4.39 Å². The lowest BCUT2D eigenvalue weighted by molar-refractivity contribution is 0.287. The van der Waals surface area contributed by atoms with Gasteiger partial charge < -0.3 is 10.2 Å². The molecule has 0 spiro atoms. The number of nitrogens with zero attached hydrogens (tertiary/aromatic N) is 1. The summed E-state index contributed by atoms with van der Waals surface area (Å²) < 4.78 is 13.4. The standard InChI is InChI=1S/C14H22ClFN2/c1-3-8-18(4-2)9-7-17-11-12-10-13(15)5-6-14(12)16/h5-6,10,17H,3-4,7-9,11H2,1-2H3. The number of benzene rings is 1. The Kier molecular flexibility index (Phi) is 7.25. The summed E-state index contributed by atoms with van der Waals surface area (Å²) in [6.45, 7) is 8.89. The summed E-state index contributed by atoms with van der Waals surface area (Å²) in [5.74, 6) is -0.201. The van der Waals surface area contributed by atoms with Crippen LogP contribution in [0.1, 0.15) is 25.8 Å². The first-order chi connectivity index (χ1) is 8.67. The maximum atomic E-state index is 13.4. The van der Waals surface area contributed by atoms with Crippen molar-refractivity contribution in [2.24, 2.45) is 0 Å². The lowest BCUT2D eigenvalue weighted by Crippen LogP contribution is -2.32. The van der Waals surface area contributed by atoms with E-state index in [-0.39, 0.29) is 5.82 Å². The van der Waals surface area contributed by atoms with Crippen LogP contribution < -0.4 is 5.32 Å². The monoisotopic (exact) mass is 272 g/mol. The zero-order chi connectivity index (χ0) is 13.4. The van der Waals surface area contributed by atoms with Gasteiger partial charge in [0.2, 0.25) is 0 Å². The second-order valence-corrected chi connectivity index (χ2v) is 4.78. The van der Waals surface area contributed by atoms with Crippen molar-refractivity contribution in [2.75, 3.05) is 26.2 Å². The topological polar surface area (TPSA) is 15.3 Å². The first-order valence-corrected chi connectivity index (χ1v) is 6.92. The molecule has 0 bridgehead atoms. The lowest BCUT2D eigenvalue weighted by atomic mass is 10.2. The Labute approximate surface area is 114 Å². The van der Waals surface area contributed by atoms with Crippen LogP contribution in [0.4, 0.5) is 4.39 Å². The highest BCUT2D eigenvalue weighted by atomic mass is 35.5. The normalized spacial score (nSPS) is 11.2. The van der Waals surface area contributed by atoms with Gasteiger partial charge in [0.15, 0.2) is 0 Å². The number of nitrogens with one attached hydrogen (secondary N) is 1. The summed E-state index contributed by atoms with van der Waals surface area (Å²) in [5, 5.41) is 3.83. The van der Waals surface area contributed by atoms with Crippen LogP contribution in [0.2, 0.25) is 5.02 Å². The molecule has 0 aliphatic carbocycles. The van der Waals surface area contributed by atoms with Gasteiger partial charge in [0.1, 0.15) is 5.82 Å². The molecule has 0 unspecified atom stereocenters. The van der Waals surface area contributed by atoms with E-state index in [1.54, 1.807) is 12.1 Å². The van der Waals surface area contributed by atoms with Gasteiger partial charge in [-0.1, -0.05) is 25.4 Å². The Morgan fingerprint density at radius 1 is 1.28 bits per heavy atom. The van der Waals surface area contributed by atoms with E-state index in [1.807, 2.05) is 0 Å². The predicted octanol–water partition coefficient (Wildman–Crippen LogP) is 3.30. The van der Waals surface area contributed by atoms with Crippen LogP contribution in [-0.2, 0) is 6.54 Å². The molecule has 0 atom stereocenters. The molecule has 1 aromatic carbocycles. The molecule has 18 heavy (non-hydrogen) atoms. The highest BCUT2D eigenvalue weighted by molar-refractivity contribution is 6.30. The second kappa shape index (κ2) is 8.46. The molecule has 0 heterocycles. The minimum absolute atomic E-state index is 0.201. The Hall–Kier alpha value is -0.640. The average molecular weight is 273 g/mol. The molecule has 1 N–H and O–H groups in total. The number of rotatable bonds is 8. The molecule has 0 fully saturated rings. The SMILES string of the molecule is CCCN(CC)CCNCc1cc(Cl)ccc1F. The number of hydrogen-bond acceptors (Lipinski definition) is 2. The van der Waals surface area contributed by atoms with Crippen LogP contribution in [-0.4, -0.2) is 31.1 Å². The zero-order valence-corrected chi connectivity index (χ0v) is 11.9. The molecule has 0 aliphatic rings. The quantitative estimate of drug-likeness (QED) is 0.731. The molecule has 0 saturated heterocycles. The van der Waals surface area contributed by atoms with Gasteiger partial charge in [-0.05, 0) is 37.7 Å². The van der Waals surface area contributed by atoms with Crippen molar-refractivity contribution in [1.29, 1.82) is 0 Å². The Balaban J connectivity index is 2.31. The largest absolute Gasteiger partial charge is 0.311 e. The molecule has 0 radical (unpaired) electrons. The van der Waals surface area contributed by atoms with E-state index in [0.717, 1.165) is 32.6 Å². The van der Waals surface area contributed by atoms with E-state index in [4.69, 9.17) is 11.6 Å². The van der Waals surface area contributed by atoms with Crippen LogP contribution >= 0.6 is 11.6 Å². The van der Waals surface area contributed by atoms with Gasteiger partial charge in [-0.2, -0.15) is 0 Å². The molecule has 0 amide bonds. The van der Waals surface area contributed by atoms with Crippen molar-refractivity contribution in [3.05, 3.63) is 34.6 Å².